The van der Waals surface area contributed by atoms with Crippen LogP contribution in [0.3, 0.4) is 0 Å². The number of hydrogen-bond acceptors (Lipinski definition) is 3. The largest absolute Gasteiger partial charge is 0.442 e. The highest BCUT2D eigenvalue weighted by molar-refractivity contribution is 7.49. The highest BCUT2D eigenvalue weighted by Gasteiger charge is 2.16. The van der Waals surface area contributed by atoms with Crippen LogP contribution in [0.4, 0.5) is 5.69 Å². The van der Waals surface area contributed by atoms with Crippen molar-refractivity contribution in [2.24, 2.45) is 0 Å². The first kappa shape index (κ1) is 13.7. The second-order valence-corrected chi connectivity index (χ2v) is 5.89. The van der Waals surface area contributed by atoms with Crippen molar-refractivity contribution in [3.63, 3.8) is 0 Å². The molecule has 0 bridgehead atoms. The quantitative estimate of drug-likeness (QED) is 0.690. The molecule has 0 saturated heterocycles. The summed E-state index contributed by atoms with van der Waals surface area (Å²) < 4.78 is 17.9. The molecular formula is C15H18NO2P. The number of para-hydroxylation sites is 1. The molecule has 0 aliphatic heterocycles. The van der Waals surface area contributed by atoms with Crippen molar-refractivity contribution in [3.8, 4) is 5.75 Å². The number of rotatable bonds is 3. The van der Waals surface area contributed by atoms with Gasteiger partial charge in [0, 0.05) is 5.69 Å². The molecule has 19 heavy (non-hydrogen) atoms. The van der Waals surface area contributed by atoms with Crippen LogP contribution in [-0.4, -0.2) is 0 Å². The van der Waals surface area contributed by atoms with Gasteiger partial charge in [0.25, 0.3) is 8.03 Å². The smallest absolute Gasteiger partial charge is 0.268 e. The van der Waals surface area contributed by atoms with Crippen LogP contribution in [0.1, 0.15) is 16.7 Å². The van der Waals surface area contributed by atoms with Crippen molar-refractivity contribution in [2.75, 3.05) is 5.73 Å². The number of benzene rings is 2. The van der Waals surface area contributed by atoms with Crippen LogP contribution in [0.2, 0.25) is 0 Å². The second-order valence-electron chi connectivity index (χ2n) is 4.61. The Morgan fingerprint density at radius 3 is 2.32 bits per heavy atom. The average molecular weight is 275 g/mol. The molecule has 4 heteroatoms. The van der Waals surface area contributed by atoms with Crippen molar-refractivity contribution in [2.45, 2.75) is 20.8 Å². The number of nitrogens with two attached hydrogens (primary N) is 1. The normalized spacial score (nSPS) is 12.2. The Kier molecular flexibility index (Phi) is 3.96. The van der Waals surface area contributed by atoms with E-state index >= 15 is 0 Å². The summed E-state index contributed by atoms with van der Waals surface area (Å²) in [5, 5.41) is 0.636. The molecule has 0 amide bonds. The maximum atomic E-state index is 12.4. The lowest BCUT2D eigenvalue weighted by atomic mass is 10.0. The van der Waals surface area contributed by atoms with Crippen molar-refractivity contribution in [3.05, 3.63) is 53.1 Å². The summed E-state index contributed by atoms with van der Waals surface area (Å²) in [7, 11) is -2.39. The molecule has 0 saturated carbocycles. The van der Waals surface area contributed by atoms with E-state index in [4.69, 9.17) is 10.3 Å². The van der Waals surface area contributed by atoms with E-state index in [2.05, 4.69) is 0 Å². The van der Waals surface area contributed by atoms with E-state index in [1.54, 1.807) is 12.1 Å². The number of anilines is 1. The van der Waals surface area contributed by atoms with E-state index in [-0.39, 0.29) is 0 Å². The molecule has 0 heterocycles. The fourth-order valence-corrected chi connectivity index (χ4v) is 3.28. The zero-order valence-corrected chi connectivity index (χ0v) is 12.4. The zero-order valence-electron chi connectivity index (χ0n) is 11.4. The molecule has 2 aromatic carbocycles. The Hall–Kier alpha value is -1.73. The van der Waals surface area contributed by atoms with Crippen LogP contribution in [0, 0.1) is 20.8 Å². The first-order valence-electron chi connectivity index (χ1n) is 6.14. The van der Waals surface area contributed by atoms with Crippen molar-refractivity contribution in [1.29, 1.82) is 0 Å². The van der Waals surface area contributed by atoms with Crippen LogP contribution in [-0.2, 0) is 4.57 Å². The third kappa shape index (κ3) is 2.82. The third-order valence-electron chi connectivity index (χ3n) is 3.35. The molecule has 0 spiro atoms. The van der Waals surface area contributed by atoms with Gasteiger partial charge < -0.3 is 10.3 Å². The Bertz CT molecular complexity index is 624. The number of hydrogen-bond donors (Lipinski definition) is 1. The molecule has 1 unspecified atom stereocenters. The minimum Gasteiger partial charge on any atom is -0.442 e. The summed E-state index contributed by atoms with van der Waals surface area (Å²) >= 11 is 0. The van der Waals surface area contributed by atoms with E-state index in [1.165, 1.54) is 0 Å². The minimum absolute atomic E-state index is 0.542. The monoisotopic (exact) mass is 275 g/mol. The van der Waals surface area contributed by atoms with Crippen LogP contribution >= 0.6 is 8.03 Å². The molecule has 100 valence electrons. The number of nitrogen functional groups attached to an aromatic ring is 1. The van der Waals surface area contributed by atoms with E-state index in [1.807, 2.05) is 45.0 Å². The molecule has 2 rings (SSSR count). The zero-order chi connectivity index (χ0) is 14.0. The lowest BCUT2D eigenvalue weighted by molar-refractivity contribution is 0.514. The second kappa shape index (κ2) is 5.50. The minimum atomic E-state index is -2.39. The van der Waals surface area contributed by atoms with Gasteiger partial charge in [0.2, 0.25) is 0 Å². The maximum absolute atomic E-state index is 12.4. The molecule has 2 N–H and O–H groups in total. The van der Waals surface area contributed by atoms with Gasteiger partial charge in [-0.25, -0.2) is 0 Å². The SMILES string of the molecule is Cc1cc(N)c([PH](=O)Oc2ccccc2)c(C)c1C. The van der Waals surface area contributed by atoms with Gasteiger partial charge in [0.05, 0.1) is 5.30 Å². The van der Waals surface area contributed by atoms with Gasteiger partial charge >= 0.3 is 0 Å². The molecule has 1 atom stereocenters. The summed E-state index contributed by atoms with van der Waals surface area (Å²) in [5.41, 5.74) is 9.70. The summed E-state index contributed by atoms with van der Waals surface area (Å²) in [6, 6.07) is 11.0. The van der Waals surface area contributed by atoms with E-state index in [0.717, 1.165) is 16.7 Å². The van der Waals surface area contributed by atoms with Crippen molar-refractivity contribution >= 4 is 19.0 Å². The summed E-state index contributed by atoms with van der Waals surface area (Å²) in [5.74, 6) is 0.600. The molecule has 3 nitrogen and oxygen atoms in total. The van der Waals surface area contributed by atoms with Gasteiger partial charge in [-0.15, -0.1) is 0 Å². The predicted octanol–water partition coefficient (Wildman–Crippen LogP) is 3.37. The molecule has 0 radical (unpaired) electrons. The van der Waals surface area contributed by atoms with E-state index in [9.17, 15) is 4.57 Å². The fourth-order valence-electron chi connectivity index (χ4n) is 2.03. The molecule has 0 aromatic heterocycles. The Morgan fingerprint density at radius 2 is 1.68 bits per heavy atom. The maximum Gasteiger partial charge on any atom is 0.268 e. The summed E-state index contributed by atoms with van der Waals surface area (Å²) in [4.78, 5) is 0. The molecule has 0 aliphatic carbocycles. The predicted molar refractivity (Wildman–Crippen MR) is 80.8 cm³/mol. The Labute approximate surface area is 114 Å². The van der Waals surface area contributed by atoms with Gasteiger partial charge in [-0.05, 0) is 55.7 Å². The number of aryl methyl sites for hydroxylation is 1. The van der Waals surface area contributed by atoms with Gasteiger partial charge in [-0.3, -0.25) is 4.57 Å². The van der Waals surface area contributed by atoms with Gasteiger partial charge in [0.15, 0.2) is 0 Å². The summed E-state index contributed by atoms with van der Waals surface area (Å²) in [6.07, 6.45) is 0. The lowest BCUT2D eigenvalue weighted by Gasteiger charge is -2.15. The van der Waals surface area contributed by atoms with E-state index in [0.29, 0.717) is 16.7 Å². The molecular weight excluding hydrogens is 257 g/mol. The van der Waals surface area contributed by atoms with Crippen molar-refractivity contribution in [1.82, 2.24) is 0 Å². The topological polar surface area (TPSA) is 52.3 Å². The van der Waals surface area contributed by atoms with Gasteiger partial charge in [0.1, 0.15) is 5.75 Å². The standard InChI is InChI=1S/C15H18NO2P/c1-10-9-14(16)15(12(3)11(10)2)19(17)18-13-7-5-4-6-8-13/h4-9,19H,16H2,1-3H3. The first-order valence-corrected chi connectivity index (χ1v) is 7.46. The highest BCUT2D eigenvalue weighted by Crippen LogP contribution is 2.31. The van der Waals surface area contributed by atoms with Gasteiger partial charge in [-0.2, -0.15) is 0 Å². The van der Waals surface area contributed by atoms with Crippen LogP contribution in [0.15, 0.2) is 36.4 Å². The fraction of sp³-hybridized carbons (Fsp3) is 0.200. The lowest BCUT2D eigenvalue weighted by Crippen LogP contribution is -2.13. The highest BCUT2D eigenvalue weighted by atomic mass is 31.1. The average Bonchev–Trinajstić information content (AvgIpc) is 2.37. The van der Waals surface area contributed by atoms with Crippen molar-refractivity contribution < 1.29 is 9.09 Å². The molecule has 0 aliphatic rings. The van der Waals surface area contributed by atoms with Crippen LogP contribution < -0.4 is 15.6 Å². The molecule has 0 fully saturated rings. The first-order chi connectivity index (χ1) is 9.00. The van der Waals surface area contributed by atoms with E-state index < -0.39 is 8.03 Å². The van der Waals surface area contributed by atoms with Crippen LogP contribution in [0.5, 0.6) is 5.75 Å². The molecule has 2 aromatic rings. The van der Waals surface area contributed by atoms with Crippen LogP contribution in [0.25, 0.3) is 0 Å². The van der Waals surface area contributed by atoms with Gasteiger partial charge in [-0.1, -0.05) is 18.2 Å². The summed E-state index contributed by atoms with van der Waals surface area (Å²) in [6.45, 7) is 5.94. The Morgan fingerprint density at radius 1 is 1.05 bits per heavy atom. The Balaban J connectivity index is 2.37. The third-order valence-corrected chi connectivity index (χ3v) is 4.84.